The molecule has 0 atom stereocenters. The van der Waals surface area contributed by atoms with Gasteiger partial charge < -0.3 is 15.8 Å². The van der Waals surface area contributed by atoms with Crippen molar-refractivity contribution in [3.05, 3.63) is 28.8 Å². The lowest BCUT2D eigenvalue weighted by atomic mass is 10.2. The van der Waals surface area contributed by atoms with Crippen LogP contribution in [-0.2, 0) is 4.74 Å². The van der Waals surface area contributed by atoms with E-state index in [1.54, 1.807) is 12.1 Å². The van der Waals surface area contributed by atoms with E-state index >= 15 is 0 Å². The summed E-state index contributed by atoms with van der Waals surface area (Å²) >= 11 is 5.89. The van der Waals surface area contributed by atoms with E-state index in [0.717, 1.165) is 0 Å². The van der Waals surface area contributed by atoms with Gasteiger partial charge in [-0.2, -0.15) is 0 Å². The summed E-state index contributed by atoms with van der Waals surface area (Å²) in [7, 11) is 0. The van der Waals surface area contributed by atoms with Gasteiger partial charge in [0.05, 0.1) is 10.6 Å². The first-order chi connectivity index (χ1) is 8.00. The number of ether oxygens (including phenoxy) is 1. The molecule has 0 aromatic heterocycles. The summed E-state index contributed by atoms with van der Waals surface area (Å²) in [5.41, 5.74) is 6.40. The number of carbonyl (C=O) groups is 1. The number of nitrogen functional groups attached to an aromatic ring is 1. The van der Waals surface area contributed by atoms with E-state index in [-0.39, 0.29) is 0 Å². The first kappa shape index (κ1) is 13.8. The van der Waals surface area contributed by atoms with Gasteiger partial charge in [-0.1, -0.05) is 25.4 Å². The molecule has 0 amide bonds. The fraction of sp³-hybridized carbons (Fsp3) is 0.417. The van der Waals surface area contributed by atoms with Gasteiger partial charge >= 0.3 is 5.97 Å². The van der Waals surface area contributed by atoms with Crippen molar-refractivity contribution < 1.29 is 9.53 Å². The lowest BCUT2D eigenvalue weighted by Gasteiger charge is -2.09. The van der Waals surface area contributed by atoms with Gasteiger partial charge in [0.25, 0.3) is 0 Å². The Balaban J connectivity index is 2.47. The minimum absolute atomic E-state index is 0.312. The van der Waals surface area contributed by atoms with Crippen molar-refractivity contribution in [2.24, 2.45) is 0 Å². The number of rotatable bonds is 5. The molecule has 0 bridgehead atoms. The van der Waals surface area contributed by atoms with Crippen molar-refractivity contribution in [1.29, 1.82) is 0 Å². The summed E-state index contributed by atoms with van der Waals surface area (Å²) in [4.78, 5) is 11.6. The van der Waals surface area contributed by atoms with Crippen molar-refractivity contribution in [2.45, 2.75) is 19.9 Å². The van der Waals surface area contributed by atoms with Crippen LogP contribution in [0.3, 0.4) is 0 Å². The minimum Gasteiger partial charge on any atom is -0.461 e. The van der Waals surface area contributed by atoms with Crippen molar-refractivity contribution >= 4 is 23.3 Å². The van der Waals surface area contributed by atoms with E-state index in [1.165, 1.54) is 6.07 Å². The van der Waals surface area contributed by atoms with Crippen LogP contribution >= 0.6 is 11.6 Å². The summed E-state index contributed by atoms with van der Waals surface area (Å²) in [6, 6.07) is 5.09. The number of anilines is 1. The van der Waals surface area contributed by atoms with Crippen LogP contribution in [0.1, 0.15) is 24.2 Å². The molecule has 4 nitrogen and oxygen atoms in total. The monoisotopic (exact) mass is 256 g/mol. The second-order valence-corrected chi connectivity index (χ2v) is 4.39. The quantitative estimate of drug-likeness (QED) is 0.481. The topological polar surface area (TPSA) is 64.3 Å². The summed E-state index contributed by atoms with van der Waals surface area (Å²) in [6.45, 7) is 4.99. The van der Waals surface area contributed by atoms with E-state index in [0.29, 0.717) is 35.5 Å². The third-order valence-electron chi connectivity index (χ3n) is 2.10. The third-order valence-corrected chi connectivity index (χ3v) is 2.41. The zero-order valence-corrected chi connectivity index (χ0v) is 10.8. The number of benzene rings is 1. The molecular formula is C12H17ClN2O2. The molecule has 1 rings (SSSR count). The summed E-state index contributed by atoms with van der Waals surface area (Å²) < 4.78 is 5.07. The number of hydrogen-bond acceptors (Lipinski definition) is 4. The zero-order chi connectivity index (χ0) is 12.8. The maximum atomic E-state index is 11.6. The predicted octanol–water partition coefficient (Wildman–Crippen LogP) is 2.08. The van der Waals surface area contributed by atoms with Crippen LogP contribution in [0.2, 0.25) is 5.02 Å². The van der Waals surface area contributed by atoms with Crippen molar-refractivity contribution in [2.75, 3.05) is 18.9 Å². The Morgan fingerprint density at radius 1 is 1.53 bits per heavy atom. The van der Waals surface area contributed by atoms with Crippen molar-refractivity contribution in [1.82, 2.24) is 5.32 Å². The Morgan fingerprint density at radius 2 is 2.24 bits per heavy atom. The van der Waals surface area contributed by atoms with Gasteiger partial charge in [-0.15, -0.1) is 0 Å². The van der Waals surface area contributed by atoms with Gasteiger partial charge in [-0.25, -0.2) is 4.79 Å². The SMILES string of the molecule is CC(C)NCCOC(=O)c1ccc(N)cc1Cl. The van der Waals surface area contributed by atoms with Crippen LogP contribution in [0.25, 0.3) is 0 Å². The highest BCUT2D eigenvalue weighted by molar-refractivity contribution is 6.33. The van der Waals surface area contributed by atoms with E-state index in [1.807, 2.05) is 13.8 Å². The molecule has 0 radical (unpaired) electrons. The highest BCUT2D eigenvalue weighted by Crippen LogP contribution is 2.19. The van der Waals surface area contributed by atoms with Gasteiger partial charge in [-0.05, 0) is 18.2 Å². The highest BCUT2D eigenvalue weighted by atomic mass is 35.5. The fourth-order valence-electron chi connectivity index (χ4n) is 1.27. The fourth-order valence-corrected chi connectivity index (χ4v) is 1.53. The lowest BCUT2D eigenvalue weighted by Crippen LogP contribution is -2.27. The first-order valence-electron chi connectivity index (χ1n) is 5.46. The van der Waals surface area contributed by atoms with E-state index in [9.17, 15) is 4.79 Å². The number of halogens is 1. The molecule has 0 saturated heterocycles. The molecular weight excluding hydrogens is 240 g/mol. The summed E-state index contributed by atoms with van der Waals surface area (Å²) in [5.74, 6) is -0.430. The minimum atomic E-state index is -0.430. The molecule has 3 N–H and O–H groups in total. The largest absolute Gasteiger partial charge is 0.461 e. The second-order valence-electron chi connectivity index (χ2n) is 3.98. The van der Waals surface area contributed by atoms with Gasteiger partial charge in [0.1, 0.15) is 6.61 Å². The molecule has 0 spiro atoms. The van der Waals surface area contributed by atoms with Crippen LogP contribution in [-0.4, -0.2) is 25.2 Å². The van der Waals surface area contributed by atoms with Crippen LogP contribution in [0.4, 0.5) is 5.69 Å². The molecule has 94 valence electrons. The van der Waals surface area contributed by atoms with Crippen LogP contribution in [0, 0.1) is 0 Å². The summed E-state index contributed by atoms with van der Waals surface area (Å²) in [5, 5.41) is 3.46. The second kappa shape index (κ2) is 6.47. The van der Waals surface area contributed by atoms with Crippen LogP contribution < -0.4 is 11.1 Å². The molecule has 0 aliphatic heterocycles. The molecule has 0 saturated carbocycles. The van der Waals surface area contributed by atoms with Crippen molar-refractivity contribution in [3.8, 4) is 0 Å². The van der Waals surface area contributed by atoms with Gasteiger partial charge in [0.2, 0.25) is 0 Å². The number of hydrogen-bond donors (Lipinski definition) is 2. The van der Waals surface area contributed by atoms with E-state index < -0.39 is 5.97 Å². The average Bonchev–Trinajstić information content (AvgIpc) is 2.23. The smallest absolute Gasteiger partial charge is 0.339 e. The number of nitrogens with one attached hydrogen (secondary N) is 1. The third kappa shape index (κ3) is 4.63. The van der Waals surface area contributed by atoms with Crippen LogP contribution in [0.15, 0.2) is 18.2 Å². The Kier molecular flexibility index (Phi) is 5.25. The first-order valence-corrected chi connectivity index (χ1v) is 5.84. The Bertz CT molecular complexity index is 394. The molecule has 5 heteroatoms. The molecule has 0 unspecified atom stereocenters. The summed E-state index contributed by atoms with van der Waals surface area (Å²) in [6.07, 6.45) is 0. The molecule has 17 heavy (non-hydrogen) atoms. The van der Waals surface area contributed by atoms with Gasteiger partial charge in [0.15, 0.2) is 0 Å². The maximum absolute atomic E-state index is 11.6. The van der Waals surface area contributed by atoms with E-state index in [2.05, 4.69) is 5.32 Å². The highest BCUT2D eigenvalue weighted by Gasteiger charge is 2.11. The predicted molar refractivity (Wildman–Crippen MR) is 69.3 cm³/mol. The Morgan fingerprint density at radius 3 is 2.82 bits per heavy atom. The molecule has 0 aliphatic carbocycles. The Labute approximate surface area is 106 Å². The number of esters is 1. The molecule has 0 fully saturated rings. The standard InChI is InChI=1S/C12H17ClN2O2/c1-8(2)15-5-6-17-12(16)10-4-3-9(14)7-11(10)13/h3-4,7-8,15H,5-6,14H2,1-2H3. The normalized spacial score (nSPS) is 10.6. The van der Waals surface area contributed by atoms with Gasteiger partial charge in [0, 0.05) is 18.3 Å². The zero-order valence-electron chi connectivity index (χ0n) is 10.00. The molecule has 1 aromatic carbocycles. The van der Waals surface area contributed by atoms with Crippen LogP contribution in [0.5, 0.6) is 0 Å². The number of nitrogens with two attached hydrogens (primary N) is 1. The molecule has 1 aromatic rings. The van der Waals surface area contributed by atoms with Gasteiger partial charge in [-0.3, -0.25) is 0 Å². The maximum Gasteiger partial charge on any atom is 0.339 e. The average molecular weight is 257 g/mol. The lowest BCUT2D eigenvalue weighted by molar-refractivity contribution is 0.0507. The van der Waals surface area contributed by atoms with E-state index in [4.69, 9.17) is 22.1 Å². The number of carbonyl (C=O) groups excluding carboxylic acids is 1. The Hall–Kier alpha value is -1.26. The molecule has 0 aliphatic rings. The molecule has 0 heterocycles. The van der Waals surface area contributed by atoms with Crippen molar-refractivity contribution in [3.63, 3.8) is 0 Å².